The van der Waals surface area contributed by atoms with Crippen LogP contribution in [-0.2, 0) is 14.8 Å². The van der Waals surface area contributed by atoms with Crippen molar-refractivity contribution in [2.45, 2.75) is 33.1 Å². The predicted octanol–water partition coefficient (Wildman–Crippen LogP) is 2.07. The van der Waals surface area contributed by atoms with E-state index in [4.69, 9.17) is 5.11 Å². The second kappa shape index (κ2) is 9.27. The zero-order valence-electron chi connectivity index (χ0n) is 13.9. The van der Waals surface area contributed by atoms with E-state index in [9.17, 15) is 18.0 Å². The van der Waals surface area contributed by atoms with E-state index in [-0.39, 0.29) is 17.9 Å². The summed E-state index contributed by atoms with van der Waals surface area (Å²) in [6.45, 7) is 3.68. The summed E-state index contributed by atoms with van der Waals surface area (Å²) in [5, 5.41) is 11.7. The first-order valence-electron chi connectivity index (χ1n) is 7.90. The van der Waals surface area contributed by atoms with Crippen LogP contribution in [0.25, 0.3) is 0 Å². The molecule has 0 aromatic heterocycles. The van der Waals surface area contributed by atoms with Crippen LogP contribution >= 0.6 is 0 Å². The van der Waals surface area contributed by atoms with Crippen molar-refractivity contribution in [3.05, 3.63) is 29.8 Å². The second-order valence-corrected chi connectivity index (χ2v) is 7.38. The van der Waals surface area contributed by atoms with Crippen molar-refractivity contribution in [3.8, 4) is 0 Å². The standard InChI is InChI=1S/C16H24N2O5S/c1-3-6-13(16(20)21)11-17-15(19)12-7-5-8-14(10-12)18-24(22,23)9-4-2/h5,7-8,10,13,18H,3-4,6,9,11H2,1-2H3,(H,17,19)(H,20,21). The van der Waals surface area contributed by atoms with Crippen LogP contribution in [0.5, 0.6) is 0 Å². The molecule has 7 nitrogen and oxygen atoms in total. The molecule has 0 radical (unpaired) electrons. The number of rotatable bonds is 10. The summed E-state index contributed by atoms with van der Waals surface area (Å²) in [7, 11) is -3.43. The Kier molecular flexibility index (Phi) is 7.70. The number of nitrogens with one attached hydrogen (secondary N) is 2. The van der Waals surface area contributed by atoms with Crippen LogP contribution in [0.3, 0.4) is 0 Å². The molecule has 24 heavy (non-hydrogen) atoms. The van der Waals surface area contributed by atoms with Gasteiger partial charge in [0, 0.05) is 17.8 Å². The van der Waals surface area contributed by atoms with Gasteiger partial charge in [0.25, 0.3) is 5.91 Å². The van der Waals surface area contributed by atoms with Gasteiger partial charge in [0.15, 0.2) is 0 Å². The summed E-state index contributed by atoms with van der Waals surface area (Å²) < 4.78 is 25.9. The molecule has 0 saturated heterocycles. The predicted molar refractivity (Wildman–Crippen MR) is 92.5 cm³/mol. The number of carboxylic acid groups (broad SMARTS) is 1. The molecular weight excluding hydrogens is 332 g/mol. The van der Waals surface area contributed by atoms with Crippen molar-refractivity contribution < 1.29 is 23.1 Å². The number of benzene rings is 1. The maximum atomic E-state index is 12.1. The summed E-state index contributed by atoms with van der Waals surface area (Å²) in [4.78, 5) is 23.2. The van der Waals surface area contributed by atoms with Crippen LogP contribution in [-0.4, -0.2) is 37.7 Å². The van der Waals surface area contributed by atoms with Crippen LogP contribution in [0.2, 0.25) is 0 Å². The highest BCUT2D eigenvalue weighted by Crippen LogP contribution is 2.13. The van der Waals surface area contributed by atoms with E-state index in [0.717, 1.165) is 0 Å². The van der Waals surface area contributed by atoms with Crippen molar-refractivity contribution in [2.75, 3.05) is 17.0 Å². The summed E-state index contributed by atoms with van der Waals surface area (Å²) in [5.74, 6) is -2.02. The van der Waals surface area contributed by atoms with Crippen molar-refractivity contribution in [2.24, 2.45) is 5.92 Å². The number of hydrogen-bond acceptors (Lipinski definition) is 4. The van der Waals surface area contributed by atoms with Gasteiger partial charge in [0.05, 0.1) is 11.7 Å². The molecule has 1 amide bonds. The Labute approximate surface area is 142 Å². The molecule has 0 heterocycles. The SMILES string of the molecule is CCCC(CNC(=O)c1cccc(NS(=O)(=O)CCC)c1)C(=O)O. The molecule has 0 bridgehead atoms. The Hall–Kier alpha value is -2.09. The van der Waals surface area contributed by atoms with Gasteiger partial charge in [-0.3, -0.25) is 14.3 Å². The van der Waals surface area contributed by atoms with Crippen LogP contribution in [0.1, 0.15) is 43.5 Å². The van der Waals surface area contributed by atoms with Gasteiger partial charge < -0.3 is 10.4 Å². The molecule has 0 aliphatic carbocycles. The van der Waals surface area contributed by atoms with Crippen molar-refractivity contribution >= 4 is 27.6 Å². The number of hydrogen-bond donors (Lipinski definition) is 3. The fraction of sp³-hybridized carbons (Fsp3) is 0.500. The highest BCUT2D eigenvalue weighted by atomic mass is 32.2. The fourth-order valence-electron chi connectivity index (χ4n) is 2.20. The number of carbonyl (C=O) groups is 2. The molecular formula is C16H24N2O5S. The monoisotopic (exact) mass is 356 g/mol. The number of carboxylic acids is 1. The van der Waals surface area contributed by atoms with Gasteiger partial charge in [-0.05, 0) is 31.0 Å². The maximum Gasteiger partial charge on any atom is 0.308 e. The Bertz CT molecular complexity index is 673. The Morgan fingerprint density at radius 3 is 2.50 bits per heavy atom. The average Bonchev–Trinajstić information content (AvgIpc) is 2.50. The minimum atomic E-state index is -3.43. The summed E-state index contributed by atoms with van der Waals surface area (Å²) in [6, 6.07) is 6.10. The molecule has 0 aliphatic rings. The Morgan fingerprint density at radius 2 is 1.92 bits per heavy atom. The lowest BCUT2D eigenvalue weighted by Gasteiger charge is -2.13. The van der Waals surface area contributed by atoms with Crippen molar-refractivity contribution in [1.82, 2.24) is 5.32 Å². The Morgan fingerprint density at radius 1 is 1.21 bits per heavy atom. The molecule has 0 saturated carbocycles. The third-order valence-corrected chi connectivity index (χ3v) is 4.86. The molecule has 3 N–H and O–H groups in total. The Balaban J connectivity index is 2.75. The number of amides is 1. The summed E-state index contributed by atoms with van der Waals surface area (Å²) >= 11 is 0. The highest BCUT2D eigenvalue weighted by molar-refractivity contribution is 7.92. The lowest BCUT2D eigenvalue weighted by Crippen LogP contribution is -2.33. The van der Waals surface area contributed by atoms with E-state index in [1.807, 2.05) is 6.92 Å². The number of anilines is 1. The van der Waals surface area contributed by atoms with Gasteiger partial charge in [0.1, 0.15) is 0 Å². The van der Waals surface area contributed by atoms with E-state index in [1.54, 1.807) is 25.1 Å². The van der Waals surface area contributed by atoms with Crippen molar-refractivity contribution in [1.29, 1.82) is 0 Å². The minimum Gasteiger partial charge on any atom is -0.481 e. The largest absolute Gasteiger partial charge is 0.481 e. The zero-order chi connectivity index (χ0) is 18.2. The van der Waals surface area contributed by atoms with Crippen LogP contribution in [0, 0.1) is 5.92 Å². The summed E-state index contributed by atoms with van der Waals surface area (Å²) in [6.07, 6.45) is 1.68. The van der Waals surface area contributed by atoms with Crippen LogP contribution < -0.4 is 10.0 Å². The summed E-state index contributed by atoms with van der Waals surface area (Å²) in [5.41, 5.74) is 0.576. The third-order valence-electron chi connectivity index (χ3n) is 3.37. The molecule has 0 fully saturated rings. The molecule has 8 heteroatoms. The molecule has 1 rings (SSSR count). The first-order chi connectivity index (χ1) is 11.3. The van der Waals surface area contributed by atoms with Gasteiger partial charge >= 0.3 is 5.97 Å². The van der Waals surface area contributed by atoms with E-state index in [2.05, 4.69) is 10.0 Å². The number of aliphatic carboxylic acids is 1. The molecule has 0 spiro atoms. The smallest absolute Gasteiger partial charge is 0.308 e. The number of sulfonamides is 1. The van der Waals surface area contributed by atoms with Gasteiger partial charge in [0.2, 0.25) is 10.0 Å². The lowest BCUT2D eigenvalue weighted by atomic mass is 10.0. The molecule has 134 valence electrons. The van der Waals surface area contributed by atoms with Gasteiger partial charge in [-0.2, -0.15) is 0 Å². The first-order valence-corrected chi connectivity index (χ1v) is 9.55. The average molecular weight is 356 g/mol. The van der Waals surface area contributed by atoms with E-state index in [1.165, 1.54) is 6.07 Å². The van der Waals surface area contributed by atoms with Crippen molar-refractivity contribution in [3.63, 3.8) is 0 Å². The molecule has 1 aromatic rings. The minimum absolute atomic E-state index is 0.000728. The van der Waals surface area contributed by atoms with E-state index < -0.39 is 27.8 Å². The van der Waals surface area contributed by atoms with Gasteiger partial charge in [-0.1, -0.05) is 26.3 Å². The van der Waals surface area contributed by atoms with Crippen LogP contribution in [0.4, 0.5) is 5.69 Å². The van der Waals surface area contributed by atoms with Crippen LogP contribution in [0.15, 0.2) is 24.3 Å². The van der Waals surface area contributed by atoms with E-state index in [0.29, 0.717) is 24.9 Å². The quantitative estimate of drug-likeness (QED) is 0.594. The normalized spacial score (nSPS) is 12.4. The lowest BCUT2D eigenvalue weighted by molar-refractivity contribution is -0.141. The van der Waals surface area contributed by atoms with Gasteiger partial charge in [-0.15, -0.1) is 0 Å². The highest BCUT2D eigenvalue weighted by Gasteiger charge is 2.18. The van der Waals surface area contributed by atoms with E-state index >= 15 is 0 Å². The molecule has 1 aromatic carbocycles. The molecule has 0 aliphatic heterocycles. The number of carbonyl (C=O) groups excluding carboxylic acids is 1. The first kappa shape index (κ1) is 20.0. The second-order valence-electron chi connectivity index (χ2n) is 5.54. The maximum absolute atomic E-state index is 12.1. The topological polar surface area (TPSA) is 113 Å². The molecule has 1 atom stereocenters. The fourth-order valence-corrected chi connectivity index (χ4v) is 3.33. The van der Waals surface area contributed by atoms with Gasteiger partial charge in [-0.25, -0.2) is 8.42 Å². The third kappa shape index (κ3) is 6.57. The molecule has 1 unspecified atom stereocenters. The zero-order valence-corrected chi connectivity index (χ0v) is 14.7.